The lowest BCUT2D eigenvalue weighted by molar-refractivity contribution is -0.833. The third-order valence-electron chi connectivity index (χ3n) is 20.4. The van der Waals surface area contributed by atoms with Gasteiger partial charge in [0.05, 0.1) is 56.2 Å². The van der Waals surface area contributed by atoms with Gasteiger partial charge in [0.1, 0.15) is 58.4 Å². The number of hydrogen-bond donors (Lipinski definition) is 1. The van der Waals surface area contributed by atoms with E-state index in [-0.39, 0.29) is 0 Å². The molecule has 0 saturated heterocycles. The number of rotatable bonds is 35. The predicted molar refractivity (Wildman–Crippen MR) is 361 cm³/mol. The topological polar surface area (TPSA) is 4.44 Å². The van der Waals surface area contributed by atoms with E-state index in [1.165, 1.54) is 198 Å². The molecule has 0 aliphatic rings. The van der Waals surface area contributed by atoms with E-state index in [4.69, 9.17) is 0 Å². The number of unbranched alkanes of at least 4 members (excludes halogenated alkanes) is 26. The molecular formula is C79H74BF28N. The maximum atomic E-state index is 17.4. The maximum absolute atomic E-state index is 17.4. The van der Waals surface area contributed by atoms with Crippen LogP contribution in [0.4, 0.5) is 129 Å². The lowest BCUT2D eigenvalue weighted by atomic mass is 9.12. The molecule has 9 rings (SSSR count). The van der Waals surface area contributed by atoms with Crippen LogP contribution in [-0.4, -0.2) is 19.2 Å². The molecule has 0 fully saturated rings. The SMILES string of the molecule is CCCCCCCCCCCCCCCCCC[NH+](CCCCCCCCCCCCCC)c1ccccc1C.Fc1c(F)c(F)c2c(F)c([B-](c3c(F)c(F)c4c(F)c(F)c(F)c(F)c4c3F)(c3c(F)c(F)c4c(F)c(F)c(F)c(F)c4c3F)c3c(F)c(F)c4c(F)c(F)c(F)c(F)c4c3F)c(F)c(F)c2c1F. The van der Waals surface area contributed by atoms with Crippen LogP contribution < -0.4 is 26.8 Å². The summed E-state index contributed by atoms with van der Waals surface area (Å²) in [6.07, 6.45) is 32.5. The van der Waals surface area contributed by atoms with Crippen LogP contribution in [0.3, 0.4) is 0 Å². The molecule has 0 aromatic heterocycles. The minimum absolute atomic E-state index is 1.32. The van der Waals surface area contributed by atoms with E-state index in [0.717, 1.165) is 0 Å². The molecule has 0 aliphatic carbocycles. The first-order chi connectivity index (χ1) is 51.8. The van der Waals surface area contributed by atoms with Crippen molar-refractivity contribution in [3.63, 3.8) is 0 Å². The summed E-state index contributed by atoms with van der Waals surface area (Å²) in [6, 6.07) is 9.15. The van der Waals surface area contributed by atoms with Gasteiger partial charge in [-0.3, -0.25) is 0 Å². The Morgan fingerprint density at radius 1 is 0.202 bits per heavy atom. The van der Waals surface area contributed by atoms with Crippen molar-refractivity contribution >= 4 is 76.8 Å². The molecule has 594 valence electrons. The van der Waals surface area contributed by atoms with Crippen molar-refractivity contribution in [1.82, 2.24) is 0 Å². The lowest BCUT2D eigenvalue weighted by Gasteiger charge is -2.45. The van der Waals surface area contributed by atoms with Crippen molar-refractivity contribution in [3.05, 3.63) is 193 Å². The summed E-state index contributed by atoms with van der Waals surface area (Å²) in [5.74, 6) is -102. The van der Waals surface area contributed by atoms with E-state index in [9.17, 15) is 35.1 Å². The summed E-state index contributed by atoms with van der Waals surface area (Å²) >= 11 is 0. The molecule has 30 heteroatoms. The van der Waals surface area contributed by atoms with Crippen molar-refractivity contribution in [3.8, 4) is 0 Å². The number of nitrogens with one attached hydrogen (secondary N) is 1. The van der Waals surface area contributed by atoms with Crippen LogP contribution >= 0.6 is 0 Å². The van der Waals surface area contributed by atoms with Gasteiger partial charge in [0, 0.05) is 5.56 Å². The monoisotopic (exact) mass is 1580 g/mol. The zero-order valence-electron chi connectivity index (χ0n) is 59.2. The van der Waals surface area contributed by atoms with Gasteiger partial charge in [-0.25, -0.2) is 123 Å². The molecule has 9 aromatic carbocycles. The van der Waals surface area contributed by atoms with Crippen molar-refractivity contribution in [1.29, 1.82) is 0 Å². The zero-order valence-corrected chi connectivity index (χ0v) is 59.2. The highest BCUT2D eigenvalue weighted by atomic mass is 19.2. The van der Waals surface area contributed by atoms with Gasteiger partial charge in [0.15, 0.2) is 116 Å². The molecule has 1 nitrogen and oxygen atoms in total. The van der Waals surface area contributed by atoms with E-state index in [2.05, 4.69) is 45.0 Å². The first-order valence-electron chi connectivity index (χ1n) is 36.1. The van der Waals surface area contributed by atoms with Crippen molar-refractivity contribution < 1.29 is 128 Å². The molecule has 1 N–H and O–H groups in total. The zero-order chi connectivity index (χ0) is 80.4. The summed E-state index contributed by atoms with van der Waals surface area (Å²) in [5, 5.41) is -25.0. The Hall–Kier alpha value is -7.92. The normalized spacial score (nSPS) is 12.3. The van der Waals surface area contributed by atoms with Crippen molar-refractivity contribution in [2.75, 3.05) is 13.1 Å². The molecule has 0 saturated carbocycles. The number of aryl methyl sites for hydroxylation is 1. The van der Waals surface area contributed by atoms with Gasteiger partial charge in [-0.2, -0.15) is 0 Å². The average Bonchev–Trinajstić information content (AvgIpc) is 0.668. The molecule has 1 unspecified atom stereocenters. The second-order valence-corrected chi connectivity index (χ2v) is 27.4. The summed E-state index contributed by atoms with van der Waals surface area (Å²) in [4.78, 5) is 1.75. The molecule has 0 spiro atoms. The third kappa shape index (κ3) is 16.8. The minimum atomic E-state index is -7.99. The smallest absolute Gasteiger partial charge is 0.198 e. The van der Waals surface area contributed by atoms with Crippen molar-refractivity contribution in [2.24, 2.45) is 0 Å². The highest BCUT2D eigenvalue weighted by Gasteiger charge is 2.53. The van der Waals surface area contributed by atoms with Gasteiger partial charge >= 0.3 is 0 Å². The van der Waals surface area contributed by atoms with E-state index in [1.54, 1.807) is 10.6 Å². The van der Waals surface area contributed by atoms with Crippen LogP contribution in [0.2, 0.25) is 0 Å². The molecule has 0 radical (unpaired) electrons. The standard InChI is InChI=1S/C40BF28.C39H73N/c42-13-1-5(25(54)37(66)33(62)21(1)50)17(46)29(58)9(13)41(10-14(43)2-6(18(47)30(10)59)26(55)38(67)34(63)22(2)51,11-15(44)3-7(19(48)31(11)60)27(56)39(68)35(64)23(3)52)12-16(45)4-8(20(49)32(12)61)28(57)40(69)36(65)24(4)53;1-4-6-8-10-12-14-16-18-19-20-21-23-25-27-29-33-37-40(39-35-31-30-34-38(39)3)36-32-28-26-24-22-17-15-13-11-9-7-5-2/h;30-31,34-35H,4-29,32-33,36-37H2,1-3H3/q-1;/p+1. The molecule has 0 amide bonds. The van der Waals surface area contributed by atoms with E-state index >= 15 is 87.8 Å². The molecule has 0 bridgehead atoms. The van der Waals surface area contributed by atoms with E-state index in [1.807, 2.05) is 0 Å². The van der Waals surface area contributed by atoms with Gasteiger partial charge < -0.3 is 4.90 Å². The fourth-order valence-electron chi connectivity index (χ4n) is 14.8. The lowest BCUT2D eigenvalue weighted by Crippen LogP contribution is -3.07. The first-order valence-corrected chi connectivity index (χ1v) is 36.1. The van der Waals surface area contributed by atoms with Gasteiger partial charge in [0.2, 0.25) is 0 Å². The number of benzene rings is 9. The summed E-state index contributed by atoms with van der Waals surface area (Å²) < 4.78 is 442. The fraction of sp³-hybridized carbons (Fsp3) is 0.418. The van der Waals surface area contributed by atoms with Crippen LogP contribution in [0.1, 0.15) is 199 Å². The van der Waals surface area contributed by atoms with Crippen LogP contribution in [0, 0.1) is 170 Å². The fourth-order valence-corrected chi connectivity index (χ4v) is 14.8. The van der Waals surface area contributed by atoms with Crippen molar-refractivity contribution in [2.45, 2.75) is 201 Å². The summed E-state index contributed by atoms with van der Waals surface area (Å²) in [5.41, 5.74) is -12.8. The Balaban J connectivity index is 0.000000320. The molecule has 0 aliphatic heterocycles. The highest BCUT2D eigenvalue weighted by molar-refractivity contribution is 7.20. The Kier molecular flexibility index (Phi) is 30.1. The Morgan fingerprint density at radius 2 is 0.367 bits per heavy atom. The number of para-hydroxylation sites is 1. The molecule has 109 heavy (non-hydrogen) atoms. The minimum Gasteiger partial charge on any atom is -0.302 e. The number of halogens is 28. The Labute approximate surface area is 608 Å². The van der Waals surface area contributed by atoms with Gasteiger partial charge in [-0.05, 0) is 38.7 Å². The average molecular weight is 1580 g/mol. The third-order valence-corrected chi connectivity index (χ3v) is 20.4. The van der Waals surface area contributed by atoms with Gasteiger partial charge in [-0.1, -0.05) is 186 Å². The quantitative estimate of drug-likeness (QED) is 0.0133. The van der Waals surface area contributed by atoms with Crippen LogP contribution in [-0.2, 0) is 0 Å². The van der Waals surface area contributed by atoms with E-state index in [0.29, 0.717) is 0 Å². The molecule has 9 aromatic rings. The molecule has 0 heterocycles. The summed E-state index contributed by atoms with van der Waals surface area (Å²) in [7, 11) is 0. The number of hydrogen-bond acceptors (Lipinski definition) is 0. The largest absolute Gasteiger partial charge is 0.302 e. The highest BCUT2D eigenvalue weighted by Crippen LogP contribution is 2.41. The maximum Gasteiger partial charge on any atom is 0.198 e. The van der Waals surface area contributed by atoms with Crippen LogP contribution in [0.5, 0.6) is 0 Å². The Bertz CT molecular complexity index is 4340. The second kappa shape index (κ2) is 37.9. The first kappa shape index (κ1) is 86.7. The van der Waals surface area contributed by atoms with Gasteiger partial charge in [-0.15, -0.1) is 21.9 Å². The molecule has 1 atom stereocenters. The van der Waals surface area contributed by atoms with Gasteiger partial charge in [0.25, 0.3) is 0 Å². The predicted octanol–water partition coefficient (Wildman–Crippen LogP) is 24.0. The van der Waals surface area contributed by atoms with E-state index < -0.39 is 234 Å². The second-order valence-electron chi connectivity index (χ2n) is 27.4. The number of fused-ring (bicyclic) bond motifs is 4. The summed E-state index contributed by atoms with van der Waals surface area (Å²) in [6.45, 7) is 9.57. The Morgan fingerprint density at radius 3 is 0.560 bits per heavy atom. The van der Waals surface area contributed by atoms with Crippen LogP contribution in [0.25, 0.3) is 43.1 Å². The molecular weight excluding hydrogens is 1510 g/mol. The number of quaternary nitrogens is 1. The van der Waals surface area contributed by atoms with Crippen LogP contribution in [0.15, 0.2) is 24.3 Å².